The highest BCUT2D eigenvalue weighted by molar-refractivity contribution is 7.31. The van der Waals surface area contributed by atoms with Crippen LogP contribution in [0.25, 0.3) is 220 Å². The van der Waals surface area contributed by atoms with Crippen molar-refractivity contribution in [2.45, 2.75) is 19.3 Å². The van der Waals surface area contributed by atoms with E-state index in [1.165, 1.54) is 204 Å². The van der Waals surface area contributed by atoms with Gasteiger partial charge in [0.1, 0.15) is 11.2 Å². The van der Waals surface area contributed by atoms with E-state index in [-0.39, 0.29) is 5.41 Å². The van der Waals surface area contributed by atoms with Crippen molar-refractivity contribution in [3.63, 3.8) is 0 Å². The maximum atomic E-state index is 6.81. The van der Waals surface area contributed by atoms with E-state index < -0.39 is 0 Å². The number of nitrogens with zero attached hydrogens (tertiary/aromatic N) is 3. The topological polar surface area (TPSA) is 22.9 Å². The second-order valence-electron chi connectivity index (χ2n) is 36.1. The molecular weight excluding hydrogens is 1730 g/mol. The predicted molar refractivity (Wildman–Crippen MR) is 581 cm³/mol. The van der Waals surface area contributed by atoms with Gasteiger partial charge in [-0.3, -0.25) is 0 Å². The van der Waals surface area contributed by atoms with E-state index in [9.17, 15) is 0 Å². The van der Waals surface area contributed by atoms with Crippen molar-refractivity contribution < 1.29 is 4.42 Å². The van der Waals surface area contributed by atoms with Gasteiger partial charge >= 0.3 is 0 Å². The summed E-state index contributed by atoms with van der Waals surface area (Å²) in [5, 5.41) is 24.9. The van der Waals surface area contributed by atoms with Gasteiger partial charge in [-0.05, 0) is 270 Å². The van der Waals surface area contributed by atoms with Gasteiger partial charge < -0.3 is 19.1 Å². The Morgan fingerprint density at radius 2 is 0.594 bits per heavy atom. The molecule has 0 spiro atoms. The molecule has 0 saturated carbocycles. The molecule has 10 heteroatoms. The number of hydrogen-bond acceptors (Lipinski definition) is 10. The van der Waals surface area contributed by atoms with Crippen molar-refractivity contribution >= 4 is 294 Å². The van der Waals surface area contributed by atoms with Gasteiger partial charge in [0.15, 0.2) is 0 Å². The molecule has 0 amide bonds. The molecule has 1 aliphatic rings. The second kappa shape index (κ2) is 29.0. The first-order chi connectivity index (χ1) is 65.6. The smallest absolute Gasteiger partial charge is 0.137 e. The van der Waals surface area contributed by atoms with E-state index in [2.05, 4.69) is 435 Å². The van der Waals surface area contributed by atoms with Gasteiger partial charge in [0.2, 0.25) is 0 Å². The molecule has 0 aliphatic heterocycles. The predicted octanol–water partition coefficient (Wildman–Crippen LogP) is 39.0. The maximum Gasteiger partial charge on any atom is 0.137 e. The Hall–Kier alpha value is -15.1. The summed E-state index contributed by atoms with van der Waals surface area (Å²) in [6, 6.07) is 153. The van der Waals surface area contributed by atoms with Crippen LogP contribution >= 0.6 is 68.0 Å². The molecule has 7 aromatic heterocycles. The first kappa shape index (κ1) is 75.7. The van der Waals surface area contributed by atoms with Crippen molar-refractivity contribution in [3.05, 3.63) is 418 Å². The summed E-state index contributed by atoms with van der Waals surface area (Å²) < 4.78 is 22.2. The Balaban J connectivity index is 0.595. The Morgan fingerprint density at radius 1 is 0.195 bits per heavy atom. The highest BCUT2D eigenvalue weighted by atomic mass is 32.1. The second-order valence-corrected chi connectivity index (χ2v) is 42.5. The quantitative estimate of drug-likeness (QED) is 0.122. The van der Waals surface area contributed by atoms with Crippen LogP contribution in [0.5, 0.6) is 0 Å². The van der Waals surface area contributed by atoms with Gasteiger partial charge in [0.05, 0.1) is 17.1 Å². The average Bonchev–Trinajstić information content (AvgIpc) is 1.56. The first-order valence-corrected chi connectivity index (χ1v) is 50.2. The van der Waals surface area contributed by atoms with Crippen LogP contribution < -0.4 is 14.7 Å². The Kier molecular flexibility index (Phi) is 16.5. The zero-order chi connectivity index (χ0) is 87.2. The number of furan rings is 1. The summed E-state index contributed by atoms with van der Waals surface area (Å²) in [4.78, 5) is 7.51. The molecule has 1 aliphatic carbocycles. The molecule has 0 N–H and O–H groups in total. The number of thiophene rings is 6. The number of rotatable bonds is 12. The minimum Gasteiger partial charge on any atom is -0.456 e. The zero-order valence-electron chi connectivity index (χ0n) is 71.9. The Bertz CT molecular complexity index is 9840. The Morgan fingerprint density at radius 3 is 1.17 bits per heavy atom. The maximum absolute atomic E-state index is 6.81. The van der Waals surface area contributed by atoms with Crippen molar-refractivity contribution in [1.29, 1.82) is 0 Å². The standard InChI is InChI=1S/C123H73N3OS6/c1-123(2)98-34-19-17-32-88(98)89-48-46-86(68-99(89)123)125(83-28-11-5-12-29-83)100-35-21-37-105-114(100)117-106(128-105)53-50-93-96-59-79-57-75(39-41-76(79)64-110(96)132-120(93)117)81-62-102(126(84-30-13-6-14-31-84)87-47-49-91-90-33-18-20-36-103(90)127-104(91)69-87)116-113(67-81)130-108-55-52-94-97-60-78-56-74(38-40-77(78)65-111(97)133-122(94)119(108)116)80-61-101(124(82-26-9-4-10-27-82)85-44-42-71(43-45-85)70-22-7-3-8-23-70)115-112(66-80)129-107-54-51-92-95-58-72-24-15-16-25-73(72)63-109(95)131-121(92)118(107)115/h3-69H,1-2H3. The molecule has 0 saturated heterocycles. The van der Waals surface area contributed by atoms with Crippen molar-refractivity contribution in [2.75, 3.05) is 14.7 Å². The lowest BCUT2D eigenvalue weighted by Gasteiger charge is -2.28. The van der Waals surface area contributed by atoms with Crippen molar-refractivity contribution in [3.8, 4) is 44.5 Å². The van der Waals surface area contributed by atoms with Crippen LogP contribution in [-0.2, 0) is 5.41 Å². The van der Waals surface area contributed by atoms with E-state index in [0.717, 1.165) is 78.6 Å². The van der Waals surface area contributed by atoms with E-state index in [4.69, 9.17) is 4.42 Å². The normalized spacial score (nSPS) is 12.8. The van der Waals surface area contributed by atoms with Gasteiger partial charge in [-0.25, -0.2) is 0 Å². The van der Waals surface area contributed by atoms with Gasteiger partial charge in [-0.1, -0.05) is 232 Å². The molecule has 0 bridgehead atoms. The molecule has 0 fully saturated rings. The number of anilines is 9. The third-order valence-corrected chi connectivity index (χ3v) is 35.2. The van der Waals surface area contributed by atoms with Crippen molar-refractivity contribution in [2.24, 2.45) is 0 Å². The van der Waals surface area contributed by atoms with Gasteiger partial charge in [0, 0.05) is 177 Å². The van der Waals surface area contributed by atoms with Crippen LogP contribution in [0.15, 0.2) is 411 Å². The minimum absolute atomic E-state index is 0.152. The molecule has 0 radical (unpaired) electrons. The fourth-order valence-corrected chi connectivity index (χ4v) is 29.6. The third-order valence-electron chi connectivity index (χ3n) is 28.3. The molecule has 28 aromatic rings. The summed E-state index contributed by atoms with van der Waals surface area (Å²) >= 11 is 11.5. The van der Waals surface area contributed by atoms with Gasteiger partial charge in [-0.15, -0.1) is 68.0 Å². The molecular formula is C123H73N3OS6. The Labute approximate surface area is 788 Å². The van der Waals surface area contributed by atoms with Gasteiger partial charge in [-0.2, -0.15) is 0 Å². The molecule has 0 unspecified atom stereocenters. The minimum atomic E-state index is -0.152. The summed E-state index contributed by atoms with van der Waals surface area (Å²) in [7, 11) is 0. The zero-order valence-corrected chi connectivity index (χ0v) is 76.8. The molecule has 21 aromatic carbocycles. The first-order valence-electron chi connectivity index (χ1n) is 45.3. The molecule has 29 rings (SSSR count). The number of benzene rings is 21. The molecule has 4 nitrogen and oxygen atoms in total. The molecule has 0 atom stereocenters. The lowest BCUT2D eigenvalue weighted by Crippen LogP contribution is -2.16. The number of fused-ring (bicyclic) bond motifs is 30. The van der Waals surface area contributed by atoms with Crippen LogP contribution in [0.4, 0.5) is 51.2 Å². The highest BCUT2D eigenvalue weighted by Gasteiger charge is 2.37. The van der Waals surface area contributed by atoms with E-state index in [0.29, 0.717) is 0 Å². The van der Waals surface area contributed by atoms with Gasteiger partial charge in [0.25, 0.3) is 0 Å². The van der Waals surface area contributed by atoms with Crippen LogP contribution in [0, 0.1) is 0 Å². The van der Waals surface area contributed by atoms with Crippen LogP contribution in [0.2, 0.25) is 0 Å². The monoisotopic (exact) mass is 1800 g/mol. The van der Waals surface area contributed by atoms with E-state index in [1.54, 1.807) is 0 Å². The molecule has 133 heavy (non-hydrogen) atoms. The largest absolute Gasteiger partial charge is 0.456 e. The third kappa shape index (κ3) is 11.6. The highest BCUT2D eigenvalue weighted by Crippen LogP contribution is 2.59. The summed E-state index contributed by atoms with van der Waals surface area (Å²) in [6.07, 6.45) is 0. The van der Waals surface area contributed by atoms with E-state index in [1.807, 2.05) is 68.0 Å². The SMILES string of the molecule is CC1(C)c2ccccc2-c2ccc(N(c3ccccc3)c3cccc4sc5ccc6c7cc8cc(-c9cc(N(c%10ccccc%10)c%10ccc%11c(c%10)oc%10ccccc%10%11)c%10c(c9)sc9ccc%11c%12cc%13cc(-c%14cc(N(c%15ccccc%15)c%15ccc(-c%16ccccc%16)cc%15)c%15c(c%14)sc%14ccc%16c%17cc%18ccccc%18cc%17sc%16c%14%15)ccc%13cc%12sc%11c9%10)ccc8cc7sc6c5c34)cc21. The summed E-state index contributed by atoms with van der Waals surface area (Å²) in [5.41, 5.74) is 24.0. The van der Waals surface area contributed by atoms with E-state index >= 15 is 0 Å². The average molecular weight is 1800 g/mol. The van der Waals surface area contributed by atoms with Crippen LogP contribution in [0.1, 0.15) is 25.0 Å². The molecule has 7 heterocycles. The lowest BCUT2D eigenvalue weighted by atomic mass is 9.82. The summed E-state index contributed by atoms with van der Waals surface area (Å²) in [6.45, 7) is 4.76. The molecule has 622 valence electrons. The fourth-order valence-electron chi connectivity index (χ4n) is 22.0. The number of para-hydroxylation sites is 4. The fraction of sp³-hybridized carbons (Fsp3) is 0.0244. The summed E-state index contributed by atoms with van der Waals surface area (Å²) in [5.74, 6) is 0. The lowest BCUT2D eigenvalue weighted by molar-refractivity contribution is 0.660. The van der Waals surface area contributed by atoms with Crippen LogP contribution in [0.3, 0.4) is 0 Å². The van der Waals surface area contributed by atoms with Crippen LogP contribution in [-0.4, -0.2) is 0 Å². The van der Waals surface area contributed by atoms with Crippen molar-refractivity contribution in [1.82, 2.24) is 0 Å². The number of hydrogen-bond donors (Lipinski definition) is 0.